The highest BCUT2D eigenvalue weighted by atomic mass is 16.5. The van der Waals surface area contributed by atoms with Crippen molar-refractivity contribution >= 4 is 17.9 Å². The van der Waals surface area contributed by atoms with Gasteiger partial charge < -0.3 is 25.4 Å². The molecule has 2 aromatic carbocycles. The van der Waals surface area contributed by atoms with E-state index < -0.39 is 24.1 Å². The van der Waals surface area contributed by atoms with Crippen molar-refractivity contribution in [1.29, 1.82) is 0 Å². The van der Waals surface area contributed by atoms with Crippen LogP contribution in [-0.2, 0) is 32.2 Å². The Labute approximate surface area is 186 Å². The van der Waals surface area contributed by atoms with Crippen molar-refractivity contribution in [3.8, 4) is 11.8 Å². The van der Waals surface area contributed by atoms with E-state index >= 15 is 0 Å². The Morgan fingerprint density at radius 3 is 2.78 bits per heavy atom. The minimum absolute atomic E-state index is 0.0602. The number of carbonyl (C=O) groups excluding carboxylic acids is 3. The number of ether oxygens (including phenoxy) is 2. The Balaban J connectivity index is 1.66. The summed E-state index contributed by atoms with van der Waals surface area (Å²) in [5.74, 6) is 4.95. The second-order valence-corrected chi connectivity index (χ2v) is 7.22. The molecule has 0 aliphatic carbocycles. The maximum Gasteiger partial charge on any atom is 0.408 e. The molecule has 166 valence electrons. The van der Waals surface area contributed by atoms with Gasteiger partial charge in [-0.15, -0.1) is 0 Å². The molecule has 8 nitrogen and oxygen atoms in total. The molecule has 32 heavy (non-hydrogen) atoms. The van der Waals surface area contributed by atoms with Crippen LogP contribution in [-0.4, -0.2) is 43.2 Å². The van der Waals surface area contributed by atoms with Crippen molar-refractivity contribution in [3.63, 3.8) is 0 Å². The largest absolute Gasteiger partial charge is 0.445 e. The maximum absolute atomic E-state index is 12.7. The first-order valence-corrected chi connectivity index (χ1v) is 10.2. The third-order valence-electron chi connectivity index (χ3n) is 4.66. The number of hydrogen-bond acceptors (Lipinski definition) is 5. The van der Waals surface area contributed by atoms with Gasteiger partial charge in [0, 0.05) is 12.1 Å². The van der Waals surface area contributed by atoms with Crippen molar-refractivity contribution in [2.24, 2.45) is 0 Å². The summed E-state index contributed by atoms with van der Waals surface area (Å²) in [5, 5.41) is 7.87. The SMILES string of the molecule is C[C@H]1NC(=O)[C@@H](NC(=O)OCc2ccccc2)COCC#Cc2cccc(c2)CNC1=O. The zero-order valence-corrected chi connectivity index (χ0v) is 17.7. The zero-order chi connectivity index (χ0) is 22.8. The van der Waals surface area contributed by atoms with Gasteiger partial charge in [-0.3, -0.25) is 9.59 Å². The van der Waals surface area contributed by atoms with Crippen LogP contribution < -0.4 is 16.0 Å². The Morgan fingerprint density at radius 1 is 1.16 bits per heavy atom. The molecule has 0 aromatic heterocycles. The quantitative estimate of drug-likeness (QED) is 0.634. The average molecular weight is 435 g/mol. The molecule has 2 aromatic rings. The van der Waals surface area contributed by atoms with Gasteiger partial charge in [0.1, 0.15) is 25.3 Å². The molecule has 2 bridgehead atoms. The van der Waals surface area contributed by atoms with Gasteiger partial charge in [-0.05, 0) is 30.2 Å². The molecular weight excluding hydrogens is 410 g/mol. The third-order valence-corrected chi connectivity index (χ3v) is 4.66. The molecule has 0 unspecified atom stereocenters. The van der Waals surface area contributed by atoms with E-state index in [1.54, 1.807) is 6.92 Å². The summed E-state index contributed by atoms with van der Waals surface area (Å²) in [4.78, 5) is 37.3. The smallest absolute Gasteiger partial charge is 0.408 e. The van der Waals surface area contributed by atoms with Crippen molar-refractivity contribution in [3.05, 3.63) is 71.3 Å². The van der Waals surface area contributed by atoms with Gasteiger partial charge in [-0.1, -0.05) is 54.3 Å². The molecule has 1 aliphatic rings. The predicted octanol–water partition coefficient (Wildman–Crippen LogP) is 1.48. The molecule has 2 atom stereocenters. The monoisotopic (exact) mass is 435 g/mol. The summed E-state index contributed by atoms with van der Waals surface area (Å²) in [7, 11) is 0. The summed E-state index contributed by atoms with van der Waals surface area (Å²) < 4.78 is 10.7. The number of benzene rings is 2. The van der Waals surface area contributed by atoms with Crippen molar-refractivity contribution in [1.82, 2.24) is 16.0 Å². The van der Waals surface area contributed by atoms with Gasteiger partial charge >= 0.3 is 6.09 Å². The lowest BCUT2D eigenvalue weighted by molar-refractivity contribution is -0.130. The lowest BCUT2D eigenvalue weighted by Crippen LogP contribution is -2.54. The molecule has 3 rings (SSSR count). The molecule has 0 spiro atoms. The number of hydrogen-bond donors (Lipinski definition) is 3. The molecule has 3 amide bonds. The highest BCUT2D eigenvalue weighted by Gasteiger charge is 2.25. The molecule has 0 saturated carbocycles. The maximum atomic E-state index is 12.7. The van der Waals surface area contributed by atoms with E-state index in [0.29, 0.717) is 6.54 Å². The molecule has 0 radical (unpaired) electrons. The van der Waals surface area contributed by atoms with E-state index in [4.69, 9.17) is 9.47 Å². The van der Waals surface area contributed by atoms with E-state index in [9.17, 15) is 14.4 Å². The molecule has 3 N–H and O–H groups in total. The first kappa shape index (κ1) is 22.8. The molecule has 1 aliphatic heterocycles. The number of alkyl carbamates (subject to hydrolysis) is 1. The summed E-state index contributed by atoms with van der Waals surface area (Å²) in [6.07, 6.45) is -0.769. The van der Waals surface area contributed by atoms with E-state index in [2.05, 4.69) is 27.8 Å². The number of fused-ring (bicyclic) bond motifs is 2. The molecular formula is C24H25N3O5. The van der Waals surface area contributed by atoms with Crippen LogP contribution in [0.25, 0.3) is 0 Å². The lowest BCUT2D eigenvalue weighted by Gasteiger charge is -2.20. The van der Waals surface area contributed by atoms with E-state index in [1.807, 2.05) is 54.6 Å². The van der Waals surface area contributed by atoms with E-state index in [-0.39, 0.29) is 25.7 Å². The van der Waals surface area contributed by atoms with Gasteiger partial charge in [0.25, 0.3) is 0 Å². The van der Waals surface area contributed by atoms with Crippen LogP contribution in [0.1, 0.15) is 23.6 Å². The molecule has 0 saturated heterocycles. The standard InChI is InChI=1S/C24H25N3O5/c1-17-22(28)25-14-20-10-5-9-18(13-20)11-6-12-31-16-21(23(29)26-17)27-24(30)32-15-19-7-3-2-4-8-19/h2-5,7-10,13,17,21H,12,14-16H2,1H3,(H,25,28)(H,26,29)(H,27,30)/t17-,21+/m1/s1. The van der Waals surface area contributed by atoms with Crippen LogP contribution in [0.2, 0.25) is 0 Å². The minimum atomic E-state index is -1.05. The summed E-state index contributed by atoms with van der Waals surface area (Å²) in [6, 6.07) is 14.8. The third kappa shape index (κ3) is 7.15. The summed E-state index contributed by atoms with van der Waals surface area (Å²) in [5.41, 5.74) is 2.49. The average Bonchev–Trinajstić information content (AvgIpc) is 2.80. The van der Waals surface area contributed by atoms with Crippen molar-refractivity contribution < 1.29 is 23.9 Å². The Bertz CT molecular complexity index is 1010. The number of rotatable bonds is 3. The number of amides is 3. The van der Waals surface area contributed by atoms with Crippen molar-refractivity contribution in [2.45, 2.75) is 32.2 Å². The van der Waals surface area contributed by atoms with Gasteiger partial charge in [0.05, 0.1) is 6.61 Å². The lowest BCUT2D eigenvalue weighted by atomic mass is 10.1. The minimum Gasteiger partial charge on any atom is -0.445 e. The molecule has 1 heterocycles. The summed E-state index contributed by atoms with van der Waals surface area (Å²) in [6.45, 7) is 1.87. The first-order chi connectivity index (χ1) is 15.5. The Hall–Kier alpha value is -3.83. The second-order valence-electron chi connectivity index (χ2n) is 7.22. The van der Waals surface area contributed by atoms with Crippen LogP contribution in [0, 0.1) is 11.8 Å². The van der Waals surface area contributed by atoms with Crippen LogP contribution in [0.15, 0.2) is 54.6 Å². The fourth-order valence-corrected chi connectivity index (χ4v) is 2.94. The van der Waals surface area contributed by atoms with Gasteiger partial charge in [0.15, 0.2) is 0 Å². The topological polar surface area (TPSA) is 106 Å². The highest BCUT2D eigenvalue weighted by molar-refractivity contribution is 5.91. The molecule has 0 fully saturated rings. The fourth-order valence-electron chi connectivity index (χ4n) is 2.94. The Kier molecular flexibility index (Phi) is 8.23. The van der Waals surface area contributed by atoms with Gasteiger partial charge in [-0.25, -0.2) is 4.79 Å². The van der Waals surface area contributed by atoms with Crippen molar-refractivity contribution in [2.75, 3.05) is 13.2 Å². The van der Waals surface area contributed by atoms with Crippen LogP contribution in [0.3, 0.4) is 0 Å². The summed E-state index contributed by atoms with van der Waals surface area (Å²) >= 11 is 0. The van der Waals surface area contributed by atoms with E-state index in [1.165, 1.54) is 0 Å². The van der Waals surface area contributed by atoms with E-state index in [0.717, 1.165) is 16.7 Å². The van der Waals surface area contributed by atoms with Crippen LogP contribution in [0.5, 0.6) is 0 Å². The predicted molar refractivity (Wildman–Crippen MR) is 117 cm³/mol. The first-order valence-electron chi connectivity index (χ1n) is 10.2. The Morgan fingerprint density at radius 2 is 1.97 bits per heavy atom. The highest BCUT2D eigenvalue weighted by Crippen LogP contribution is 2.05. The zero-order valence-electron chi connectivity index (χ0n) is 17.7. The number of nitrogens with one attached hydrogen (secondary N) is 3. The number of carbonyl (C=O) groups is 3. The van der Waals surface area contributed by atoms with Crippen LogP contribution in [0.4, 0.5) is 4.79 Å². The van der Waals surface area contributed by atoms with Crippen LogP contribution >= 0.6 is 0 Å². The molecule has 8 heteroatoms. The van der Waals surface area contributed by atoms with Gasteiger partial charge in [-0.2, -0.15) is 0 Å². The second kappa shape index (κ2) is 11.5. The normalized spacial score (nSPS) is 19.2. The van der Waals surface area contributed by atoms with Gasteiger partial charge in [0.2, 0.25) is 11.8 Å². The fraction of sp³-hybridized carbons (Fsp3) is 0.292.